The van der Waals surface area contributed by atoms with Crippen molar-refractivity contribution in [1.29, 1.82) is 0 Å². The van der Waals surface area contributed by atoms with Crippen molar-refractivity contribution in [3.8, 4) is 17.2 Å². The number of anilines is 1. The summed E-state index contributed by atoms with van der Waals surface area (Å²) in [7, 11) is -1.21. The molecule has 37 heavy (non-hydrogen) atoms. The second-order valence-electron chi connectivity index (χ2n) is 7.82. The predicted molar refractivity (Wildman–Crippen MR) is 146 cm³/mol. The van der Waals surface area contributed by atoms with Gasteiger partial charge >= 0.3 is 0 Å². The van der Waals surface area contributed by atoms with Gasteiger partial charge in [0.05, 0.1) is 31.4 Å². The molecule has 0 spiro atoms. The molecule has 0 radical (unpaired) electrons. The first-order chi connectivity index (χ1) is 17.9. The van der Waals surface area contributed by atoms with Gasteiger partial charge in [-0.25, -0.2) is 8.42 Å². The van der Waals surface area contributed by atoms with Crippen molar-refractivity contribution >= 4 is 33.4 Å². The number of carbonyl (C=O) groups is 1. The van der Waals surface area contributed by atoms with Gasteiger partial charge < -0.3 is 19.5 Å². The van der Waals surface area contributed by atoms with E-state index in [2.05, 4.69) is 5.32 Å². The summed E-state index contributed by atoms with van der Waals surface area (Å²) in [5, 5.41) is 2.84. The van der Waals surface area contributed by atoms with Crippen LogP contribution in [0.1, 0.15) is 13.3 Å². The Morgan fingerprint density at radius 1 is 0.946 bits per heavy atom. The molecule has 10 heteroatoms. The maximum Gasteiger partial charge on any atom is 0.264 e. The van der Waals surface area contributed by atoms with Crippen molar-refractivity contribution in [2.45, 2.75) is 23.1 Å². The van der Waals surface area contributed by atoms with Gasteiger partial charge in [0.2, 0.25) is 5.91 Å². The second-order valence-corrected chi connectivity index (χ2v) is 10.9. The van der Waals surface area contributed by atoms with Gasteiger partial charge in [-0.15, -0.1) is 11.8 Å². The van der Waals surface area contributed by atoms with E-state index in [4.69, 9.17) is 14.2 Å². The van der Waals surface area contributed by atoms with Crippen LogP contribution >= 0.6 is 11.8 Å². The molecule has 0 fully saturated rings. The van der Waals surface area contributed by atoms with Gasteiger partial charge in [-0.05, 0) is 67.6 Å². The molecule has 3 rings (SSSR count). The average molecular weight is 545 g/mol. The lowest BCUT2D eigenvalue weighted by atomic mass is 10.3. The number of benzene rings is 3. The molecule has 0 aliphatic carbocycles. The topological polar surface area (TPSA) is 94.2 Å². The summed E-state index contributed by atoms with van der Waals surface area (Å²) in [5.74, 6) is 1.71. The molecule has 0 heterocycles. The third-order valence-corrected chi connectivity index (χ3v) is 8.19. The lowest BCUT2D eigenvalue weighted by Crippen LogP contribution is -2.41. The van der Waals surface area contributed by atoms with Crippen molar-refractivity contribution in [2.75, 3.05) is 44.0 Å². The van der Waals surface area contributed by atoms with Crippen molar-refractivity contribution in [3.63, 3.8) is 0 Å². The summed E-state index contributed by atoms with van der Waals surface area (Å²) >= 11 is 1.70. The lowest BCUT2D eigenvalue weighted by molar-refractivity contribution is -0.119. The number of hydrogen-bond donors (Lipinski definition) is 1. The predicted octanol–water partition coefficient (Wildman–Crippen LogP) is 4.60. The van der Waals surface area contributed by atoms with Gasteiger partial charge in [0.15, 0.2) is 11.5 Å². The molecule has 0 aromatic heterocycles. The molecule has 198 valence electrons. The smallest absolute Gasteiger partial charge is 0.264 e. The number of rotatable bonds is 14. The van der Waals surface area contributed by atoms with Gasteiger partial charge in [-0.1, -0.05) is 18.2 Å². The Hall–Kier alpha value is -3.37. The first-order valence-corrected chi connectivity index (χ1v) is 14.2. The van der Waals surface area contributed by atoms with E-state index in [0.717, 1.165) is 21.4 Å². The standard InChI is InChI=1S/C27H32N2O6S2/c1-4-35-22-13-11-21(12-14-22)29(37(31,32)24-15-16-25(33-2)26(19-24)34-3)20-27(30)28-17-8-18-36-23-9-6-5-7-10-23/h5-7,9-16,19H,4,8,17-18,20H2,1-3H3,(H,28,30). The number of carbonyl (C=O) groups excluding carboxylic acids is 1. The van der Waals surface area contributed by atoms with Gasteiger partial charge in [-0.3, -0.25) is 9.10 Å². The molecule has 1 N–H and O–H groups in total. The molecule has 3 aromatic carbocycles. The summed E-state index contributed by atoms with van der Waals surface area (Å²) in [6.45, 7) is 2.41. The number of thioether (sulfide) groups is 1. The molecular formula is C27H32N2O6S2. The Labute approximate surface area is 223 Å². The molecule has 0 saturated carbocycles. The van der Waals surface area contributed by atoms with E-state index in [1.807, 2.05) is 37.3 Å². The van der Waals surface area contributed by atoms with Crippen molar-refractivity contribution in [1.82, 2.24) is 5.32 Å². The van der Waals surface area contributed by atoms with E-state index in [1.165, 1.54) is 32.4 Å². The maximum absolute atomic E-state index is 13.7. The minimum atomic E-state index is -4.11. The van der Waals surface area contributed by atoms with Crippen LogP contribution in [0.15, 0.2) is 82.6 Å². The first-order valence-electron chi connectivity index (χ1n) is 11.8. The van der Waals surface area contributed by atoms with Crippen molar-refractivity contribution in [2.24, 2.45) is 0 Å². The molecular weight excluding hydrogens is 512 g/mol. The van der Waals surface area contributed by atoms with Crippen LogP contribution in [0.25, 0.3) is 0 Å². The number of nitrogens with one attached hydrogen (secondary N) is 1. The minimum Gasteiger partial charge on any atom is -0.494 e. The van der Waals surface area contributed by atoms with E-state index in [-0.39, 0.29) is 17.2 Å². The van der Waals surface area contributed by atoms with Gasteiger partial charge in [0.1, 0.15) is 12.3 Å². The molecule has 8 nitrogen and oxygen atoms in total. The van der Waals surface area contributed by atoms with E-state index in [0.29, 0.717) is 30.3 Å². The summed E-state index contributed by atoms with van der Waals surface area (Å²) in [6, 6.07) is 20.9. The van der Waals surface area contributed by atoms with Crippen LogP contribution in [-0.4, -0.2) is 54.0 Å². The van der Waals surface area contributed by atoms with E-state index >= 15 is 0 Å². The molecule has 0 aliphatic heterocycles. The zero-order valence-corrected chi connectivity index (χ0v) is 22.8. The van der Waals surface area contributed by atoms with Crippen molar-refractivity contribution < 1.29 is 27.4 Å². The van der Waals surface area contributed by atoms with Crippen LogP contribution in [-0.2, 0) is 14.8 Å². The highest BCUT2D eigenvalue weighted by Crippen LogP contribution is 2.32. The third kappa shape index (κ3) is 7.80. The zero-order chi connectivity index (χ0) is 26.7. The monoisotopic (exact) mass is 544 g/mol. The zero-order valence-electron chi connectivity index (χ0n) is 21.2. The fourth-order valence-corrected chi connectivity index (χ4v) is 5.80. The quantitative estimate of drug-likeness (QED) is 0.234. The third-order valence-electron chi connectivity index (χ3n) is 5.32. The van der Waals surface area contributed by atoms with E-state index < -0.39 is 15.9 Å². The van der Waals surface area contributed by atoms with E-state index in [9.17, 15) is 13.2 Å². The van der Waals surface area contributed by atoms with Crippen LogP contribution in [0.5, 0.6) is 17.2 Å². The van der Waals surface area contributed by atoms with Crippen molar-refractivity contribution in [3.05, 3.63) is 72.8 Å². The van der Waals surface area contributed by atoms with Crippen LogP contribution in [0.2, 0.25) is 0 Å². The SMILES string of the molecule is CCOc1ccc(N(CC(=O)NCCCSc2ccccc2)S(=O)(=O)c2ccc(OC)c(OC)c2)cc1. The second kappa shape index (κ2) is 13.8. The average Bonchev–Trinajstić information content (AvgIpc) is 2.92. The number of sulfonamides is 1. The maximum atomic E-state index is 13.7. The fraction of sp³-hybridized carbons (Fsp3) is 0.296. The first kappa shape index (κ1) is 28.2. The molecule has 0 saturated heterocycles. The van der Waals surface area contributed by atoms with Crippen LogP contribution < -0.4 is 23.8 Å². The Bertz CT molecular complexity index is 1250. The van der Waals surface area contributed by atoms with Gasteiger partial charge in [0.25, 0.3) is 10.0 Å². The highest BCUT2D eigenvalue weighted by atomic mass is 32.2. The van der Waals surface area contributed by atoms with Crippen LogP contribution in [0.4, 0.5) is 5.69 Å². The number of ether oxygens (including phenoxy) is 3. The Morgan fingerprint density at radius 2 is 1.65 bits per heavy atom. The normalized spacial score (nSPS) is 11.0. The largest absolute Gasteiger partial charge is 0.494 e. The Balaban J connectivity index is 1.75. The number of nitrogens with zero attached hydrogens (tertiary/aromatic N) is 1. The highest BCUT2D eigenvalue weighted by Gasteiger charge is 2.28. The Morgan fingerprint density at radius 3 is 2.30 bits per heavy atom. The molecule has 0 atom stereocenters. The summed E-state index contributed by atoms with van der Waals surface area (Å²) in [6.07, 6.45) is 0.747. The molecule has 0 bridgehead atoms. The summed E-state index contributed by atoms with van der Waals surface area (Å²) in [4.78, 5) is 14.0. The lowest BCUT2D eigenvalue weighted by Gasteiger charge is -2.24. The van der Waals surface area contributed by atoms with E-state index in [1.54, 1.807) is 36.0 Å². The highest BCUT2D eigenvalue weighted by molar-refractivity contribution is 7.99. The number of hydrogen-bond acceptors (Lipinski definition) is 7. The number of amides is 1. The fourth-order valence-electron chi connectivity index (χ4n) is 3.49. The van der Waals surface area contributed by atoms with Gasteiger partial charge in [-0.2, -0.15) is 0 Å². The van der Waals surface area contributed by atoms with Crippen LogP contribution in [0, 0.1) is 0 Å². The van der Waals surface area contributed by atoms with Crippen LogP contribution in [0.3, 0.4) is 0 Å². The number of methoxy groups -OCH3 is 2. The summed E-state index contributed by atoms with van der Waals surface area (Å²) < 4.78 is 44.5. The van der Waals surface area contributed by atoms with Gasteiger partial charge in [0, 0.05) is 17.5 Å². The molecule has 3 aromatic rings. The summed E-state index contributed by atoms with van der Waals surface area (Å²) in [5.41, 5.74) is 0.341. The molecule has 0 unspecified atom stereocenters. The molecule has 0 aliphatic rings. The Kier molecular flexibility index (Phi) is 10.5. The molecule has 1 amide bonds. The minimum absolute atomic E-state index is 0.0221.